The number of rotatable bonds is 16. The van der Waals surface area contributed by atoms with Gasteiger partial charge in [0.25, 0.3) is 35.1 Å². The van der Waals surface area contributed by atoms with Crippen molar-refractivity contribution in [3.8, 4) is 23.0 Å². The van der Waals surface area contributed by atoms with Crippen LogP contribution in [0.2, 0.25) is 10.0 Å². The molecule has 22 heteroatoms. The molecule has 380 valence electrons. The van der Waals surface area contributed by atoms with E-state index in [-0.39, 0.29) is 88.1 Å². The number of benzene rings is 2. The van der Waals surface area contributed by atoms with Crippen molar-refractivity contribution >= 4 is 70.2 Å². The van der Waals surface area contributed by atoms with Crippen LogP contribution in [0.5, 0.6) is 11.6 Å². The molecule has 4 aliphatic heterocycles. The van der Waals surface area contributed by atoms with E-state index < -0.39 is 47.2 Å². The minimum absolute atomic E-state index is 0.0152. The second kappa shape index (κ2) is 21.0. The van der Waals surface area contributed by atoms with Crippen LogP contribution in [0.4, 0.5) is 5.69 Å². The van der Waals surface area contributed by atoms with Crippen LogP contribution in [0.15, 0.2) is 71.8 Å². The van der Waals surface area contributed by atoms with Crippen LogP contribution < -0.4 is 35.9 Å². The van der Waals surface area contributed by atoms with Crippen LogP contribution in [0.3, 0.4) is 0 Å². The number of methoxy groups -OCH3 is 1. The number of piperidine rings is 2. The van der Waals surface area contributed by atoms with Gasteiger partial charge in [-0.25, -0.2) is 9.97 Å². The lowest BCUT2D eigenvalue weighted by Crippen LogP contribution is -2.54. The van der Waals surface area contributed by atoms with E-state index in [0.717, 1.165) is 43.8 Å². The molecule has 7 amide bonds. The summed E-state index contributed by atoms with van der Waals surface area (Å²) in [6.07, 6.45) is 5.95. The number of nitrogens with one attached hydrogen (secondary N) is 3. The van der Waals surface area contributed by atoms with Gasteiger partial charge in [0.15, 0.2) is 12.3 Å². The molecule has 0 saturated carbocycles. The number of nitrogens with zero attached hydrogens (tertiary/aromatic N) is 7. The Morgan fingerprint density at radius 1 is 0.863 bits per heavy atom. The third-order valence-electron chi connectivity index (χ3n) is 13.4. The fraction of sp³-hybridized carbons (Fsp3) is 0.373. The van der Waals surface area contributed by atoms with Crippen molar-refractivity contribution in [1.82, 2.24) is 44.9 Å². The highest BCUT2D eigenvalue weighted by Crippen LogP contribution is 2.45. The average Bonchev–Trinajstić information content (AvgIpc) is 3.98. The van der Waals surface area contributed by atoms with Crippen LogP contribution in [-0.4, -0.2) is 122 Å². The maximum Gasteiger partial charge on any atom is 0.279 e. The molecule has 2 saturated heterocycles. The van der Waals surface area contributed by atoms with Crippen molar-refractivity contribution < 1.29 is 43.0 Å². The van der Waals surface area contributed by atoms with E-state index >= 15 is 0 Å². The maximum atomic E-state index is 14.5. The summed E-state index contributed by atoms with van der Waals surface area (Å²) in [4.78, 5) is 119. The number of carbonyl (C=O) groups excluding carboxylic acids is 7. The summed E-state index contributed by atoms with van der Waals surface area (Å²) in [6, 6.07) is 12.3. The number of likely N-dealkylation sites (tertiary alicyclic amines) is 1. The largest absolute Gasteiger partial charge is 0.484 e. The van der Waals surface area contributed by atoms with E-state index in [1.54, 1.807) is 37.4 Å². The number of carbonyl (C=O) groups is 7. The number of unbranched alkanes of at least 4 members (excludes halogenated alkanes) is 1. The van der Waals surface area contributed by atoms with Gasteiger partial charge in [0.2, 0.25) is 17.7 Å². The summed E-state index contributed by atoms with van der Waals surface area (Å²) < 4.78 is 14.6. The van der Waals surface area contributed by atoms with Crippen molar-refractivity contribution in [2.24, 2.45) is 7.05 Å². The number of fused-ring (bicyclic) bond motifs is 2. The van der Waals surface area contributed by atoms with E-state index in [1.807, 2.05) is 18.4 Å². The molecule has 73 heavy (non-hydrogen) atoms. The molecule has 3 N–H and O–H groups in total. The predicted molar refractivity (Wildman–Crippen MR) is 267 cm³/mol. The third-order valence-corrected chi connectivity index (χ3v) is 13.9. The van der Waals surface area contributed by atoms with E-state index in [4.69, 9.17) is 37.7 Å². The maximum absolute atomic E-state index is 14.5. The topological polar surface area (TPSA) is 236 Å². The molecular weight excluding hydrogens is 984 g/mol. The first-order valence-corrected chi connectivity index (χ1v) is 24.7. The Kier molecular flexibility index (Phi) is 14.5. The Hall–Kier alpha value is -7.42. The Labute approximate surface area is 428 Å². The van der Waals surface area contributed by atoms with Gasteiger partial charge in [0, 0.05) is 62.6 Å². The van der Waals surface area contributed by atoms with Crippen LogP contribution in [0.25, 0.3) is 11.4 Å². The molecule has 7 heterocycles. The number of aryl methyl sites for hydroxylation is 1. The molecule has 5 aromatic rings. The first-order chi connectivity index (χ1) is 35.0. The van der Waals surface area contributed by atoms with Crippen LogP contribution in [-0.2, 0) is 21.4 Å². The minimum Gasteiger partial charge on any atom is -0.484 e. The summed E-state index contributed by atoms with van der Waals surface area (Å²) in [6.45, 7) is 6.33. The lowest BCUT2D eigenvalue weighted by Gasteiger charge is -2.32. The highest BCUT2D eigenvalue weighted by Gasteiger charge is 2.47. The fourth-order valence-electron chi connectivity index (χ4n) is 9.88. The highest BCUT2D eigenvalue weighted by atomic mass is 35.5. The summed E-state index contributed by atoms with van der Waals surface area (Å²) in [5.41, 5.74) is 1.86. The van der Waals surface area contributed by atoms with Gasteiger partial charge >= 0.3 is 0 Å². The summed E-state index contributed by atoms with van der Waals surface area (Å²) in [7, 11) is 3.03. The van der Waals surface area contributed by atoms with Crippen LogP contribution in [0.1, 0.15) is 117 Å². The lowest BCUT2D eigenvalue weighted by atomic mass is 10.0. The molecule has 9 rings (SSSR count). The fourth-order valence-corrected chi connectivity index (χ4v) is 10.3. The summed E-state index contributed by atoms with van der Waals surface area (Å²) in [5, 5.41) is 8.95. The number of imide groups is 2. The molecule has 0 aliphatic carbocycles. The van der Waals surface area contributed by atoms with Crippen molar-refractivity contribution in [2.45, 2.75) is 76.5 Å². The van der Waals surface area contributed by atoms with E-state index in [1.165, 1.54) is 53.2 Å². The van der Waals surface area contributed by atoms with Crippen LogP contribution in [0, 0.1) is 0 Å². The number of pyridine rings is 2. The minimum atomic E-state index is -1.08. The molecule has 0 spiro atoms. The number of ether oxygens (including phenoxy) is 2. The molecule has 0 bridgehead atoms. The second-order valence-corrected chi connectivity index (χ2v) is 19.5. The number of amides is 7. The summed E-state index contributed by atoms with van der Waals surface area (Å²) >= 11 is 12.7. The van der Waals surface area contributed by atoms with Gasteiger partial charge in [0.1, 0.15) is 29.3 Å². The number of imidazole rings is 1. The number of hydrogen-bond acceptors (Lipinski definition) is 13. The number of anilines is 1. The quantitative estimate of drug-likeness (QED) is 0.0886. The molecule has 20 nitrogen and oxygen atoms in total. The Morgan fingerprint density at radius 2 is 1.60 bits per heavy atom. The Morgan fingerprint density at radius 3 is 2.32 bits per heavy atom. The molecule has 3 aromatic heterocycles. The molecule has 2 atom stereocenters. The smallest absolute Gasteiger partial charge is 0.279 e. The molecule has 0 radical (unpaired) electrons. The zero-order valence-electron chi connectivity index (χ0n) is 40.4. The number of halogens is 2. The standard InChI is InChI=1S/C51H52Cl2N10O10/c1-27(2)61-43-41(51(71)62(38-22-31(53)25-59(3)50(38)70)42(43)28-7-9-30(52)10-8-28)58-44(61)36-21-29(24-55-47(36)72-4)45(66)54-17-5-6-18-60-19-15-32(16-20-60)56-40(65)26-73-33-11-12-34-35(23-33)49(69)63(48(34)68)37-13-14-39(64)57-46(37)67/h7-12,21-25,27,32,37,42H,5-6,13-20,26H2,1-4H3,(H,54,66)(H,56,65)(H,57,64,67)/t37?,42-/m0/s1. The van der Waals surface area contributed by atoms with Crippen molar-refractivity contribution in [3.05, 3.63) is 121 Å². The van der Waals surface area contributed by atoms with Gasteiger partial charge in [0.05, 0.1) is 40.1 Å². The van der Waals surface area contributed by atoms with Gasteiger partial charge in [-0.15, -0.1) is 0 Å². The second-order valence-electron chi connectivity index (χ2n) is 18.6. The van der Waals surface area contributed by atoms with Gasteiger partial charge in [-0.05, 0) is 101 Å². The summed E-state index contributed by atoms with van der Waals surface area (Å²) in [5.74, 6) is -2.85. The van der Waals surface area contributed by atoms with Gasteiger partial charge in [-0.1, -0.05) is 35.3 Å². The van der Waals surface area contributed by atoms with E-state index in [2.05, 4.69) is 25.8 Å². The monoisotopic (exact) mass is 1030 g/mol. The van der Waals surface area contributed by atoms with E-state index in [9.17, 15) is 38.4 Å². The first kappa shape index (κ1) is 50.5. The zero-order valence-corrected chi connectivity index (χ0v) is 41.9. The molecular formula is C51H52Cl2N10O10. The van der Waals surface area contributed by atoms with Gasteiger partial charge < -0.3 is 34.1 Å². The lowest BCUT2D eigenvalue weighted by molar-refractivity contribution is -0.136. The molecule has 1 unspecified atom stereocenters. The van der Waals surface area contributed by atoms with Crippen molar-refractivity contribution in [2.75, 3.05) is 44.8 Å². The average molecular weight is 1040 g/mol. The Bertz CT molecular complexity index is 3130. The number of hydrogen-bond donors (Lipinski definition) is 3. The first-order valence-electron chi connectivity index (χ1n) is 23.9. The van der Waals surface area contributed by atoms with Crippen molar-refractivity contribution in [3.63, 3.8) is 0 Å². The Balaban J connectivity index is 0.771. The zero-order chi connectivity index (χ0) is 51.8. The van der Waals surface area contributed by atoms with Gasteiger partial charge in [-0.2, -0.15) is 0 Å². The van der Waals surface area contributed by atoms with Crippen molar-refractivity contribution in [1.29, 1.82) is 0 Å². The predicted octanol–water partition coefficient (Wildman–Crippen LogP) is 4.86. The highest BCUT2D eigenvalue weighted by molar-refractivity contribution is 6.31. The number of aromatic nitrogens is 4. The van der Waals surface area contributed by atoms with Crippen LogP contribution >= 0.6 is 23.2 Å². The normalized spacial score (nSPS) is 18.0. The molecule has 2 fully saturated rings. The molecule has 4 aliphatic rings. The third kappa shape index (κ3) is 10.1. The van der Waals surface area contributed by atoms with E-state index in [0.29, 0.717) is 40.6 Å². The van der Waals surface area contributed by atoms with Gasteiger partial charge in [-0.3, -0.25) is 53.5 Å². The molecule has 2 aromatic carbocycles. The SMILES string of the molecule is COc1ncc(C(=O)NCCCCN2CCC(NC(=O)COc3ccc4c(c3)C(=O)N(C3CCC(=O)NC3=O)C4=O)CC2)cc1-c1nc2c(n1C(C)C)[C@H](c1ccc(Cl)cc1)N(c1cc(Cl)cn(C)c1=O)C2=O.